The first kappa shape index (κ1) is 14.6. The van der Waals surface area contributed by atoms with E-state index in [2.05, 4.69) is 15.3 Å². The average Bonchev–Trinajstić information content (AvgIpc) is 2.50. The zero-order valence-corrected chi connectivity index (χ0v) is 12.3. The maximum atomic E-state index is 14.3. The zero-order chi connectivity index (χ0) is 15.6. The minimum atomic E-state index is -1.16. The Bertz CT molecular complexity index is 747. The van der Waals surface area contributed by atoms with Crippen LogP contribution in [0.15, 0.2) is 69.8 Å². The lowest BCUT2D eigenvalue weighted by atomic mass is 10.00. The smallest absolute Gasteiger partial charge is 0.195 e. The van der Waals surface area contributed by atoms with Crippen molar-refractivity contribution in [1.29, 1.82) is 0 Å². The molecule has 1 unspecified atom stereocenters. The number of benzene rings is 1. The fourth-order valence-electron chi connectivity index (χ4n) is 2.05. The number of pyridine rings is 1. The van der Waals surface area contributed by atoms with Crippen molar-refractivity contribution in [3.8, 4) is 0 Å². The summed E-state index contributed by atoms with van der Waals surface area (Å²) in [6, 6.07) is 8.47. The van der Waals surface area contributed by atoms with E-state index in [4.69, 9.17) is 11.5 Å². The SMILES string of the molecule is NC1=NC(N)(c2ccc(Sc3ccncc3)c(F)c2)C=CN1. The zero-order valence-electron chi connectivity index (χ0n) is 11.5. The summed E-state index contributed by atoms with van der Waals surface area (Å²) in [5.74, 6) is -0.162. The van der Waals surface area contributed by atoms with Gasteiger partial charge in [0.25, 0.3) is 0 Å². The lowest BCUT2D eigenvalue weighted by molar-refractivity contribution is 0.557. The molecule has 0 aliphatic carbocycles. The molecule has 0 bridgehead atoms. The largest absolute Gasteiger partial charge is 0.370 e. The van der Waals surface area contributed by atoms with E-state index in [-0.39, 0.29) is 11.8 Å². The molecule has 0 fully saturated rings. The highest BCUT2D eigenvalue weighted by Gasteiger charge is 2.27. The van der Waals surface area contributed by atoms with Gasteiger partial charge in [-0.05, 0) is 30.3 Å². The number of hydrogen-bond acceptors (Lipinski definition) is 6. The normalized spacial score (nSPS) is 20.4. The van der Waals surface area contributed by atoms with Crippen molar-refractivity contribution in [2.75, 3.05) is 0 Å². The van der Waals surface area contributed by atoms with Crippen molar-refractivity contribution in [2.45, 2.75) is 15.5 Å². The van der Waals surface area contributed by atoms with Crippen LogP contribution in [0.2, 0.25) is 0 Å². The summed E-state index contributed by atoms with van der Waals surface area (Å²) in [5, 5.41) is 2.73. The third kappa shape index (κ3) is 2.95. The predicted molar refractivity (Wildman–Crippen MR) is 84.5 cm³/mol. The minimum Gasteiger partial charge on any atom is -0.370 e. The predicted octanol–water partition coefficient (Wildman–Crippen LogP) is 1.91. The van der Waals surface area contributed by atoms with Crippen LogP contribution in [-0.2, 0) is 5.66 Å². The van der Waals surface area contributed by atoms with E-state index < -0.39 is 5.66 Å². The summed E-state index contributed by atoms with van der Waals surface area (Å²) in [6.45, 7) is 0. The third-order valence-corrected chi connectivity index (χ3v) is 4.20. The van der Waals surface area contributed by atoms with E-state index in [0.29, 0.717) is 10.5 Å². The van der Waals surface area contributed by atoms with Crippen molar-refractivity contribution >= 4 is 17.7 Å². The Balaban J connectivity index is 1.90. The standard InChI is InChI=1S/C15H14FN5S/c16-12-9-10(15(18)5-8-20-14(17)21-15)1-2-13(12)22-11-3-6-19-7-4-11/h1-9H,18H2,(H3,17,20,21). The molecule has 1 aliphatic rings. The van der Waals surface area contributed by atoms with E-state index in [1.807, 2.05) is 12.1 Å². The maximum absolute atomic E-state index is 14.3. The quantitative estimate of drug-likeness (QED) is 0.805. The van der Waals surface area contributed by atoms with Gasteiger partial charge in [0.15, 0.2) is 11.6 Å². The summed E-state index contributed by atoms with van der Waals surface area (Å²) in [4.78, 5) is 9.49. The Morgan fingerprint density at radius 2 is 1.95 bits per heavy atom. The molecule has 2 heterocycles. The number of nitrogens with zero attached hydrogens (tertiary/aromatic N) is 2. The molecular formula is C15H14FN5S. The molecule has 112 valence electrons. The molecule has 0 spiro atoms. The van der Waals surface area contributed by atoms with E-state index in [0.717, 1.165) is 4.90 Å². The van der Waals surface area contributed by atoms with Crippen LogP contribution < -0.4 is 16.8 Å². The van der Waals surface area contributed by atoms with Crippen LogP contribution in [0.4, 0.5) is 4.39 Å². The van der Waals surface area contributed by atoms with Gasteiger partial charge in [-0.2, -0.15) is 0 Å². The lowest BCUT2D eigenvalue weighted by Gasteiger charge is -2.25. The Morgan fingerprint density at radius 1 is 1.18 bits per heavy atom. The van der Waals surface area contributed by atoms with Gasteiger partial charge in [0.05, 0.1) is 0 Å². The highest BCUT2D eigenvalue weighted by molar-refractivity contribution is 7.99. The number of guanidine groups is 1. The fraction of sp³-hybridized carbons (Fsp3) is 0.0667. The highest BCUT2D eigenvalue weighted by Crippen LogP contribution is 2.32. The Kier molecular flexibility index (Phi) is 3.82. The lowest BCUT2D eigenvalue weighted by Crippen LogP contribution is -2.42. The first-order valence-electron chi connectivity index (χ1n) is 6.53. The van der Waals surface area contributed by atoms with Crippen LogP contribution in [0.1, 0.15) is 5.56 Å². The molecule has 0 saturated heterocycles. The van der Waals surface area contributed by atoms with Crippen molar-refractivity contribution in [3.63, 3.8) is 0 Å². The molecule has 1 aromatic heterocycles. The van der Waals surface area contributed by atoms with Gasteiger partial charge in [-0.3, -0.25) is 10.7 Å². The van der Waals surface area contributed by atoms with Gasteiger partial charge in [-0.15, -0.1) is 0 Å². The van der Waals surface area contributed by atoms with Crippen molar-refractivity contribution in [2.24, 2.45) is 16.5 Å². The molecule has 22 heavy (non-hydrogen) atoms. The molecule has 0 amide bonds. The number of aromatic nitrogens is 1. The number of nitrogens with two attached hydrogens (primary N) is 2. The minimum absolute atomic E-state index is 0.195. The molecule has 3 rings (SSSR count). The highest BCUT2D eigenvalue weighted by atomic mass is 32.2. The van der Waals surface area contributed by atoms with Crippen LogP contribution in [0, 0.1) is 5.82 Å². The van der Waals surface area contributed by atoms with Crippen molar-refractivity contribution in [3.05, 3.63) is 66.4 Å². The number of rotatable bonds is 3. The van der Waals surface area contributed by atoms with Gasteiger partial charge in [0, 0.05) is 33.9 Å². The summed E-state index contributed by atoms with van der Waals surface area (Å²) in [6.07, 6.45) is 6.56. The van der Waals surface area contributed by atoms with Crippen LogP contribution in [-0.4, -0.2) is 10.9 Å². The van der Waals surface area contributed by atoms with Crippen LogP contribution >= 0.6 is 11.8 Å². The van der Waals surface area contributed by atoms with E-state index in [9.17, 15) is 4.39 Å². The topological polar surface area (TPSA) is 89.3 Å². The molecule has 1 aromatic carbocycles. The molecule has 5 N–H and O–H groups in total. The average molecular weight is 315 g/mol. The molecule has 0 radical (unpaired) electrons. The van der Waals surface area contributed by atoms with Crippen molar-refractivity contribution in [1.82, 2.24) is 10.3 Å². The number of halogens is 1. The molecule has 0 saturated carbocycles. The first-order valence-corrected chi connectivity index (χ1v) is 7.35. The second-order valence-corrected chi connectivity index (χ2v) is 5.85. The molecular weight excluding hydrogens is 301 g/mol. The van der Waals surface area contributed by atoms with Crippen molar-refractivity contribution < 1.29 is 4.39 Å². The van der Waals surface area contributed by atoms with E-state index in [1.54, 1.807) is 36.8 Å². The first-order chi connectivity index (χ1) is 10.6. The van der Waals surface area contributed by atoms with Crippen LogP contribution in [0.3, 0.4) is 0 Å². The Hall–Kier alpha value is -2.38. The molecule has 7 heteroatoms. The molecule has 5 nitrogen and oxygen atoms in total. The van der Waals surface area contributed by atoms with Crippen LogP contribution in [0.25, 0.3) is 0 Å². The van der Waals surface area contributed by atoms with E-state index >= 15 is 0 Å². The summed E-state index contributed by atoms with van der Waals surface area (Å²) in [5.41, 5.74) is 11.2. The fourth-order valence-corrected chi connectivity index (χ4v) is 2.85. The van der Waals surface area contributed by atoms with Gasteiger partial charge in [0.2, 0.25) is 0 Å². The molecule has 2 aromatic rings. The Morgan fingerprint density at radius 3 is 2.64 bits per heavy atom. The van der Waals surface area contributed by atoms with Gasteiger partial charge in [-0.25, -0.2) is 9.38 Å². The number of aliphatic imine (C=N–C) groups is 1. The second kappa shape index (κ2) is 5.78. The van der Waals surface area contributed by atoms with Gasteiger partial charge < -0.3 is 11.1 Å². The van der Waals surface area contributed by atoms with Gasteiger partial charge >= 0.3 is 0 Å². The molecule has 1 atom stereocenters. The number of hydrogen-bond donors (Lipinski definition) is 3. The summed E-state index contributed by atoms with van der Waals surface area (Å²) in [7, 11) is 0. The van der Waals surface area contributed by atoms with Crippen LogP contribution in [0.5, 0.6) is 0 Å². The third-order valence-electron chi connectivity index (χ3n) is 3.15. The molecule has 1 aliphatic heterocycles. The van der Waals surface area contributed by atoms with Gasteiger partial charge in [-0.1, -0.05) is 17.8 Å². The Labute approximate surface area is 131 Å². The van der Waals surface area contributed by atoms with Gasteiger partial charge in [0.1, 0.15) is 5.82 Å². The summed E-state index contributed by atoms with van der Waals surface area (Å²) >= 11 is 1.32. The number of nitrogens with one attached hydrogen (secondary N) is 1. The van der Waals surface area contributed by atoms with E-state index in [1.165, 1.54) is 17.8 Å². The maximum Gasteiger partial charge on any atom is 0.195 e. The monoisotopic (exact) mass is 315 g/mol. The second-order valence-electron chi connectivity index (χ2n) is 4.73. The summed E-state index contributed by atoms with van der Waals surface area (Å²) < 4.78 is 14.3.